The van der Waals surface area contributed by atoms with Gasteiger partial charge in [-0.1, -0.05) is 28.1 Å². The maximum atomic E-state index is 5.58. The fourth-order valence-electron chi connectivity index (χ4n) is 2.84. The van der Waals surface area contributed by atoms with Crippen LogP contribution in [0.2, 0.25) is 0 Å². The second-order valence-electron chi connectivity index (χ2n) is 5.63. The molecule has 130 valence electrons. The largest absolute Gasteiger partial charge is 0.381 e. The molecule has 0 unspecified atom stereocenters. The number of halogens is 2. The first-order chi connectivity index (χ1) is 10.7. The van der Waals surface area contributed by atoms with E-state index in [-0.39, 0.29) is 29.4 Å². The molecule has 1 aromatic carbocycles. The summed E-state index contributed by atoms with van der Waals surface area (Å²) in [6.07, 6.45) is 2.04. The average Bonchev–Trinajstić information content (AvgIpc) is 2.54. The van der Waals surface area contributed by atoms with Crippen LogP contribution in [-0.2, 0) is 10.2 Å². The van der Waals surface area contributed by atoms with E-state index in [9.17, 15) is 0 Å². The van der Waals surface area contributed by atoms with E-state index in [0.717, 1.165) is 56.1 Å². The van der Waals surface area contributed by atoms with Crippen LogP contribution < -0.4 is 10.6 Å². The molecule has 6 heteroatoms. The van der Waals surface area contributed by atoms with Gasteiger partial charge in [0.1, 0.15) is 0 Å². The van der Waals surface area contributed by atoms with Crippen LogP contribution in [0.5, 0.6) is 0 Å². The first kappa shape index (κ1) is 20.7. The number of rotatable bonds is 5. The molecule has 2 N–H and O–H groups in total. The second kappa shape index (κ2) is 10.5. The van der Waals surface area contributed by atoms with E-state index in [0.29, 0.717) is 0 Å². The van der Waals surface area contributed by atoms with Gasteiger partial charge in [-0.25, -0.2) is 0 Å². The highest BCUT2D eigenvalue weighted by molar-refractivity contribution is 14.0. The Morgan fingerprint density at radius 3 is 2.22 bits per heavy atom. The Hall–Kier alpha value is -0.340. The molecule has 0 spiro atoms. The van der Waals surface area contributed by atoms with Gasteiger partial charge < -0.3 is 15.4 Å². The Morgan fingerprint density at radius 1 is 1.13 bits per heavy atom. The van der Waals surface area contributed by atoms with Crippen LogP contribution in [0.4, 0.5) is 0 Å². The molecular formula is C17H27BrIN3O. The zero-order valence-electron chi connectivity index (χ0n) is 13.9. The van der Waals surface area contributed by atoms with Crippen molar-refractivity contribution in [3.05, 3.63) is 34.3 Å². The molecule has 2 rings (SSSR count). The highest BCUT2D eigenvalue weighted by Crippen LogP contribution is 2.35. The first-order valence-electron chi connectivity index (χ1n) is 8.06. The molecule has 0 atom stereocenters. The third-order valence-electron chi connectivity index (χ3n) is 4.13. The molecule has 1 heterocycles. The Balaban J connectivity index is 0.00000264. The molecule has 4 nitrogen and oxygen atoms in total. The number of nitrogens with one attached hydrogen (secondary N) is 2. The van der Waals surface area contributed by atoms with Crippen molar-refractivity contribution in [2.75, 3.05) is 32.8 Å². The molecule has 0 amide bonds. The lowest BCUT2D eigenvalue weighted by Gasteiger charge is -2.36. The lowest BCUT2D eigenvalue weighted by atomic mass is 9.74. The normalized spacial score (nSPS) is 16.1. The van der Waals surface area contributed by atoms with Crippen LogP contribution in [0, 0.1) is 0 Å². The minimum atomic E-state index is 0. The van der Waals surface area contributed by atoms with E-state index in [2.05, 4.69) is 64.7 Å². The fraction of sp³-hybridized carbons (Fsp3) is 0.588. The molecule has 0 bridgehead atoms. The van der Waals surface area contributed by atoms with Gasteiger partial charge in [0, 0.05) is 36.2 Å². The van der Waals surface area contributed by atoms with Gasteiger partial charge in [0.05, 0.1) is 6.54 Å². The molecule has 1 aliphatic heterocycles. The van der Waals surface area contributed by atoms with Crippen molar-refractivity contribution in [3.63, 3.8) is 0 Å². The molecule has 0 saturated carbocycles. The predicted octanol–water partition coefficient (Wildman–Crippen LogP) is 3.69. The molecule has 1 fully saturated rings. The highest BCUT2D eigenvalue weighted by Gasteiger charge is 2.34. The molecule has 1 aromatic rings. The van der Waals surface area contributed by atoms with Crippen molar-refractivity contribution in [1.82, 2.24) is 10.6 Å². The predicted molar refractivity (Wildman–Crippen MR) is 111 cm³/mol. The third kappa shape index (κ3) is 5.90. The lowest BCUT2D eigenvalue weighted by molar-refractivity contribution is 0.0531. The van der Waals surface area contributed by atoms with E-state index in [1.54, 1.807) is 0 Å². The van der Waals surface area contributed by atoms with Gasteiger partial charge in [0.25, 0.3) is 0 Å². The van der Waals surface area contributed by atoms with E-state index in [4.69, 9.17) is 9.73 Å². The monoisotopic (exact) mass is 495 g/mol. The highest BCUT2D eigenvalue weighted by atomic mass is 127. The summed E-state index contributed by atoms with van der Waals surface area (Å²) < 4.78 is 6.70. The Bertz CT molecular complexity index is 479. The van der Waals surface area contributed by atoms with Crippen LogP contribution in [0.25, 0.3) is 0 Å². The Morgan fingerprint density at radius 2 is 1.70 bits per heavy atom. The van der Waals surface area contributed by atoms with Gasteiger partial charge in [0.15, 0.2) is 5.96 Å². The van der Waals surface area contributed by atoms with Gasteiger partial charge in [0.2, 0.25) is 0 Å². The summed E-state index contributed by atoms with van der Waals surface area (Å²) in [7, 11) is 0. The van der Waals surface area contributed by atoms with Crippen LogP contribution in [0.1, 0.15) is 32.3 Å². The quantitative estimate of drug-likeness (QED) is 0.372. The van der Waals surface area contributed by atoms with E-state index >= 15 is 0 Å². The van der Waals surface area contributed by atoms with Gasteiger partial charge in [-0.05, 0) is 44.4 Å². The van der Waals surface area contributed by atoms with Crippen molar-refractivity contribution < 1.29 is 4.74 Å². The van der Waals surface area contributed by atoms with Crippen LogP contribution in [0.15, 0.2) is 33.7 Å². The summed E-state index contributed by atoms with van der Waals surface area (Å²) in [5.41, 5.74) is 1.43. The zero-order valence-corrected chi connectivity index (χ0v) is 17.8. The van der Waals surface area contributed by atoms with Gasteiger partial charge in [-0.2, -0.15) is 0 Å². The van der Waals surface area contributed by atoms with Gasteiger partial charge >= 0.3 is 0 Å². The molecule has 1 aliphatic rings. The Kier molecular flexibility index (Phi) is 9.46. The van der Waals surface area contributed by atoms with Crippen molar-refractivity contribution in [1.29, 1.82) is 0 Å². The van der Waals surface area contributed by atoms with E-state index < -0.39 is 0 Å². The van der Waals surface area contributed by atoms with Crippen molar-refractivity contribution >= 4 is 45.9 Å². The number of guanidine groups is 1. The number of hydrogen-bond acceptors (Lipinski definition) is 2. The molecule has 0 radical (unpaired) electrons. The standard InChI is InChI=1S/C17H26BrN3O.HI/c1-3-19-16(20-4-2)21-13-17(9-11-22-12-10-17)14-5-7-15(18)8-6-14;/h5-8H,3-4,9-13H2,1-2H3,(H2,19,20,21);1H. The molecule has 0 aliphatic carbocycles. The SMILES string of the molecule is CCNC(=NCC1(c2ccc(Br)cc2)CCOCC1)NCC.I. The molecule has 1 saturated heterocycles. The smallest absolute Gasteiger partial charge is 0.191 e. The maximum absolute atomic E-state index is 5.58. The summed E-state index contributed by atoms with van der Waals surface area (Å²) in [6.45, 7) is 8.33. The number of nitrogens with zero attached hydrogens (tertiary/aromatic N) is 1. The van der Waals surface area contributed by atoms with Crippen LogP contribution in [-0.4, -0.2) is 38.8 Å². The van der Waals surface area contributed by atoms with E-state index in [1.807, 2.05) is 0 Å². The third-order valence-corrected chi connectivity index (χ3v) is 4.66. The second-order valence-corrected chi connectivity index (χ2v) is 6.54. The molecule has 0 aromatic heterocycles. The Labute approximate surface area is 165 Å². The van der Waals surface area contributed by atoms with Crippen molar-refractivity contribution in [2.45, 2.75) is 32.1 Å². The average molecular weight is 496 g/mol. The zero-order chi connectivity index (χ0) is 15.8. The van der Waals surface area contributed by atoms with Crippen LogP contribution >= 0.6 is 39.9 Å². The van der Waals surface area contributed by atoms with Gasteiger partial charge in [-0.3, -0.25) is 4.99 Å². The summed E-state index contributed by atoms with van der Waals surface area (Å²) in [5.74, 6) is 0.896. The minimum absolute atomic E-state index is 0. The topological polar surface area (TPSA) is 45.7 Å². The van der Waals surface area contributed by atoms with Crippen molar-refractivity contribution in [2.24, 2.45) is 4.99 Å². The summed E-state index contributed by atoms with van der Waals surface area (Å²) in [4.78, 5) is 4.83. The van der Waals surface area contributed by atoms with Crippen molar-refractivity contribution in [3.8, 4) is 0 Å². The van der Waals surface area contributed by atoms with Gasteiger partial charge in [-0.15, -0.1) is 24.0 Å². The lowest BCUT2D eigenvalue weighted by Crippen LogP contribution is -2.41. The van der Waals surface area contributed by atoms with E-state index in [1.165, 1.54) is 5.56 Å². The molecular weight excluding hydrogens is 469 g/mol. The maximum Gasteiger partial charge on any atom is 0.191 e. The minimum Gasteiger partial charge on any atom is -0.381 e. The summed E-state index contributed by atoms with van der Waals surface area (Å²) >= 11 is 3.52. The number of ether oxygens (including phenoxy) is 1. The number of aliphatic imine (C=N–C) groups is 1. The molecule has 23 heavy (non-hydrogen) atoms. The fourth-order valence-corrected chi connectivity index (χ4v) is 3.11. The number of hydrogen-bond donors (Lipinski definition) is 2. The summed E-state index contributed by atoms with van der Waals surface area (Å²) in [6, 6.07) is 8.66. The van der Waals surface area contributed by atoms with Crippen LogP contribution in [0.3, 0.4) is 0 Å². The number of benzene rings is 1. The summed E-state index contributed by atoms with van der Waals surface area (Å²) in [5, 5.41) is 6.60. The first-order valence-corrected chi connectivity index (χ1v) is 8.85.